The molecule has 0 aliphatic heterocycles. The zero-order chi connectivity index (χ0) is 18.8. The third-order valence-electron chi connectivity index (χ3n) is 4.30. The predicted molar refractivity (Wildman–Crippen MR) is 98.0 cm³/mol. The van der Waals surface area contributed by atoms with E-state index >= 15 is 0 Å². The van der Waals surface area contributed by atoms with Gasteiger partial charge >= 0.3 is 5.97 Å². The summed E-state index contributed by atoms with van der Waals surface area (Å²) in [6.45, 7) is 6.02. The molecule has 0 heterocycles. The molecule has 0 fully saturated rings. The lowest BCUT2D eigenvalue weighted by Crippen LogP contribution is -2.37. The second kappa shape index (κ2) is 7.12. The highest BCUT2D eigenvalue weighted by Gasteiger charge is 2.28. The summed E-state index contributed by atoms with van der Waals surface area (Å²) in [5, 5.41) is 2.73. The summed E-state index contributed by atoms with van der Waals surface area (Å²) in [5.41, 5.74) is 3.05. The molecule has 0 radical (unpaired) electrons. The minimum atomic E-state index is -0.901. The van der Waals surface area contributed by atoms with E-state index in [1.54, 1.807) is 24.3 Å². The summed E-state index contributed by atoms with van der Waals surface area (Å²) in [7, 11) is 0. The number of hydrogen-bond acceptors (Lipinski definition) is 4. The molecule has 2 aromatic carbocycles. The fraction of sp³-hybridized carbons (Fsp3) is 0.286. The topological polar surface area (TPSA) is 72.5 Å². The number of carbonyl (C=O) groups is 3. The van der Waals surface area contributed by atoms with Crippen LogP contribution < -0.4 is 5.32 Å². The Bertz CT molecular complexity index is 885. The first kappa shape index (κ1) is 17.9. The molecule has 0 bridgehead atoms. The molecule has 134 valence electrons. The molecule has 1 aliphatic rings. The normalized spacial score (nSPS) is 13.2. The van der Waals surface area contributed by atoms with E-state index in [9.17, 15) is 14.4 Å². The monoisotopic (exact) mass is 351 g/mol. The van der Waals surface area contributed by atoms with Crippen LogP contribution in [0, 0.1) is 5.92 Å². The van der Waals surface area contributed by atoms with Gasteiger partial charge in [0.1, 0.15) is 0 Å². The van der Waals surface area contributed by atoms with Gasteiger partial charge in [-0.1, -0.05) is 44.2 Å². The fourth-order valence-electron chi connectivity index (χ4n) is 2.89. The smallest absolute Gasteiger partial charge is 0.338 e. The molecule has 5 nitrogen and oxygen atoms in total. The number of esters is 1. The van der Waals surface area contributed by atoms with E-state index in [1.165, 1.54) is 6.92 Å². The van der Waals surface area contributed by atoms with E-state index in [1.807, 2.05) is 32.0 Å². The summed E-state index contributed by atoms with van der Waals surface area (Å²) in [6.07, 6.45) is -0.901. The van der Waals surface area contributed by atoms with Crippen molar-refractivity contribution in [3.8, 4) is 11.1 Å². The number of ether oxygens (including phenoxy) is 1. The van der Waals surface area contributed by atoms with Crippen molar-refractivity contribution in [3.63, 3.8) is 0 Å². The van der Waals surface area contributed by atoms with Crippen LogP contribution in [0.3, 0.4) is 0 Å². The van der Waals surface area contributed by atoms with Crippen molar-refractivity contribution in [2.24, 2.45) is 5.92 Å². The molecular formula is C21H21NO4. The Morgan fingerprint density at radius 2 is 1.62 bits per heavy atom. The minimum absolute atomic E-state index is 0.104. The Balaban J connectivity index is 1.74. The first-order chi connectivity index (χ1) is 12.4. The number of nitrogens with one attached hydrogen (secondary N) is 1. The number of amides is 1. The molecule has 1 atom stereocenters. The van der Waals surface area contributed by atoms with E-state index in [0.717, 1.165) is 11.1 Å². The van der Waals surface area contributed by atoms with Gasteiger partial charge in [0, 0.05) is 17.7 Å². The van der Waals surface area contributed by atoms with Gasteiger partial charge in [-0.3, -0.25) is 9.59 Å². The SMILES string of the molecule is CC(C)CNC(=O)[C@@H](C)OC(=O)c1ccc2c(c1)C(=O)c1ccccc1-2. The molecule has 1 amide bonds. The minimum Gasteiger partial charge on any atom is -0.449 e. The van der Waals surface area contributed by atoms with Gasteiger partial charge in [-0.2, -0.15) is 0 Å². The van der Waals surface area contributed by atoms with E-state index in [-0.39, 0.29) is 17.3 Å². The van der Waals surface area contributed by atoms with Crippen LogP contribution >= 0.6 is 0 Å². The highest BCUT2D eigenvalue weighted by Crippen LogP contribution is 2.36. The Hall–Kier alpha value is -2.95. The second-order valence-corrected chi connectivity index (χ2v) is 6.82. The average Bonchev–Trinajstić information content (AvgIpc) is 2.92. The predicted octanol–water partition coefficient (Wildman–Crippen LogP) is 3.22. The Morgan fingerprint density at radius 1 is 0.962 bits per heavy atom. The molecule has 3 rings (SSSR count). The van der Waals surface area contributed by atoms with Crippen LogP contribution in [-0.2, 0) is 9.53 Å². The molecule has 0 unspecified atom stereocenters. The van der Waals surface area contributed by atoms with Crippen LogP contribution in [0.1, 0.15) is 47.1 Å². The molecule has 1 N–H and O–H groups in total. The molecule has 0 saturated heterocycles. The lowest BCUT2D eigenvalue weighted by atomic mass is 10.0. The van der Waals surface area contributed by atoms with Crippen molar-refractivity contribution in [1.82, 2.24) is 5.32 Å². The van der Waals surface area contributed by atoms with Crippen LogP contribution in [0.15, 0.2) is 42.5 Å². The third kappa shape index (κ3) is 3.38. The molecule has 0 aromatic heterocycles. The highest BCUT2D eigenvalue weighted by atomic mass is 16.5. The lowest BCUT2D eigenvalue weighted by Gasteiger charge is -2.14. The van der Waals surface area contributed by atoms with E-state index < -0.39 is 12.1 Å². The van der Waals surface area contributed by atoms with E-state index in [0.29, 0.717) is 23.6 Å². The largest absolute Gasteiger partial charge is 0.449 e. The van der Waals surface area contributed by atoms with Gasteiger partial charge in [-0.05, 0) is 36.1 Å². The number of hydrogen-bond donors (Lipinski definition) is 1. The number of fused-ring (bicyclic) bond motifs is 3. The van der Waals surface area contributed by atoms with Gasteiger partial charge in [-0.15, -0.1) is 0 Å². The quantitative estimate of drug-likeness (QED) is 0.717. The first-order valence-corrected chi connectivity index (χ1v) is 8.65. The highest BCUT2D eigenvalue weighted by molar-refractivity contribution is 6.22. The van der Waals surface area contributed by atoms with Crippen molar-refractivity contribution in [1.29, 1.82) is 0 Å². The van der Waals surface area contributed by atoms with Crippen LogP contribution in [0.25, 0.3) is 11.1 Å². The number of rotatable bonds is 5. The summed E-state index contributed by atoms with van der Waals surface area (Å²) in [4.78, 5) is 36.8. The lowest BCUT2D eigenvalue weighted by molar-refractivity contribution is -0.129. The van der Waals surface area contributed by atoms with Gasteiger partial charge < -0.3 is 10.1 Å². The molecular weight excluding hydrogens is 330 g/mol. The number of ketones is 1. The molecule has 26 heavy (non-hydrogen) atoms. The van der Waals surface area contributed by atoms with Crippen molar-refractivity contribution < 1.29 is 19.1 Å². The Kier molecular flexibility index (Phi) is 4.89. The molecule has 0 spiro atoms. The Morgan fingerprint density at radius 3 is 2.31 bits per heavy atom. The van der Waals surface area contributed by atoms with Crippen LogP contribution in [0.2, 0.25) is 0 Å². The molecule has 1 aliphatic carbocycles. The van der Waals surface area contributed by atoms with Crippen molar-refractivity contribution in [2.45, 2.75) is 26.9 Å². The van der Waals surface area contributed by atoms with Crippen LogP contribution in [0.4, 0.5) is 0 Å². The number of carbonyl (C=O) groups excluding carboxylic acids is 3. The van der Waals surface area contributed by atoms with Gasteiger partial charge in [0.05, 0.1) is 5.56 Å². The number of benzene rings is 2. The van der Waals surface area contributed by atoms with Crippen LogP contribution in [0.5, 0.6) is 0 Å². The zero-order valence-electron chi connectivity index (χ0n) is 15.0. The summed E-state index contributed by atoms with van der Waals surface area (Å²) in [6, 6.07) is 12.3. The van der Waals surface area contributed by atoms with Gasteiger partial charge in [0.2, 0.25) is 0 Å². The average molecular weight is 351 g/mol. The van der Waals surface area contributed by atoms with Gasteiger partial charge in [0.25, 0.3) is 5.91 Å². The fourth-order valence-corrected chi connectivity index (χ4v) is 2.89. The maximum absolute atomic E-state index is 12.5. The third-order valence-corrected chi connectivity index (χ3v) is 4.30. The molecule has 5 heteroatoms. The standard InChI is InChI=1S/C21H21NO4/c1-12(2)11-22-20(24)13(3)26-21(25)14-8-9-16-15-6-4-5-7-17(15)19(23)18(16)10-14/h4-10,12-13H,11H2,1-3H3,(H,22,24)/t13-/m1/s1. The molecule has 0 saturated carbocycles. The van der Waals surface area contributed by atoms with Crippen LogP contribution in [-0.4, -0.2) is 30.3 Å². The summed E-state index contributed by atoms with van der Waals surface area (Å²) >= 11 is 0. The van der Waals surface area contributed by atoms with E-state index in [2.05, 4.69) is 5.32 Å². The van der Waals surface area contributed by atoms with Crippen molar-refractivity contribution in [3.05, 3.63) is 59.2 Å². The summed E-state index contributed by atoms with van der Waals surface area (Å²) < 4.78 is 5.24. The first-order valence-electron chi connectivity index (χ1n) is 8.65. The zero-order valence-corrected chi connectivity index (χ0v) is 15.0. The maximum Gasteiger partial charge on any atom is 0.338 e. The van der Waals surface area contributed by atoms with Gasteiger partial charge in [0.15, 0.2) is 11.9 Å². The van der Waals surface area contributed by atoms with Crippen molar-refractivity contribution >= 4 is 17.7 Å². The maximum atomic E-state index is 12.5. The molecule has 2 aromatic rings. The second-order valence-electron chi connectivity index (χ2n) is 6.82. The van der Waals surface area contributed by atoms with Gasteiger partial charge in [-0.25, -0.2) is 4.79 Å². The summed E-state index contributed by atoms with van der Waals surface area (Å²) in [5.74, 6) is -0.750. The van der Waals surface area contributed by atoms with E-state index in [4.69, 9.17) is 4.74 Å². The Labute approximate surface area is 152 Å². The van der Waals surface area contributed by atoms with Crippen molar-refractivity contribution in [2.75, 3.05) is 6.54 Å².